The van der Waals surface area contributed by atoms with Crippen molar-refractivity contribution in [2.75, 3.05) is 24.2 Å². The molecule has 1 amide bonds. The van der Waals surface area contributed by atoms with Gasteiger partial charge in [0, 0.05) is 38.2 Å². The summed E-state index contributed by atoms with van der Waals surface area (Å²) in [5.41, 5.74) is 2.74. The molecule has 1 aromatic heterocycles. The number of amides is 1. The summed E-state index contributed by atoms with van der Waals surface area (Å²) in [4.78, 5) is 17.0. The van der Waals surface area contributed by atoms with Crippen molar-refractivity contribution in [3.05, 3.63) is 24.0 Å². The highest BCUT2D eigenvalue weighted by Gasteiger charge is 2.24. The van der Waals surface area contributed by atoms with Crippen molar-refractivity contribution in [1.29, 1.82) is 0 Å². The lowest BCUT2D eigenvalue weighted by Gasteiger charge is -2.15. The van der Waals surface area contributed by atoms with Gasteiger partial charge in [-0.3, -0.25) is 4.79 Å². The molecule has 1 N–H and O–H groups in total. The van der Waals surface area contributed by atoms with Gasteiger partial charge in [-0.05, 0) is 50.3 Å². The molecule has 2 aliphatic rings. The zero-order valence-electron chi connectivity index (χ0n) is 16.2. The van der Waals surface area contributed by atoms with Gasteiger partial charge in [0.1, 0.15) is 5.82 Å². The predicted octanol–water partition coefficient (Wildman–Crippen LogP) is 2.91. The average molecular weight is 405 g/mol. The lowest BCUT2D eigenvalue weighted by Crippen LogP contribution is -2.30. The molecule has 1 fully saturated rings. The van der Waals surface area contributed by atoms with Gasteiger partial charge in [-0.15, -0.1) is 0 Å². The van der Waals surface area contributed by atoms with Crippen LogP contribution in [0.5, 0.6) is 0 Å². The number of anilines is 1. The SMILES string of the molecule is O=C(CCCS(=O)(=O)N1CCCC1)Nc1ccc2c(c1)nc1n2CCCCC1. The average Bonchev–Trinajstić information content (AvgIpc) is 3.25. The number of hydrogen-bond acceptors (Lipinski definition) is 4. The minimum absolute atomic E-state index is 0.0349. The maximum absolute atomic E-state index is 12.3. The first-order valence-electron chi connectivity index (χ1n) is 10.3. The van der Waals surface area contributed by atoms with Crippen molar-refractivity contribution in [3.8, 4) is 0 Å². The monoisotopic (exact) mass is 404 g/mol. The second-order valence-electron chi connectivity index (χ2n) is 7.77. The van der Waals surface area contributed by atoms with E-state index in [2.05, 4.69) is 9.88 Å². The van der Waals surface area contributed by atoms with Crippen molar-refractivity contribution in [2.45, 2.75) is 57.9 Å². The van der Waals surface area contributed by atoms with Crippen molar-refractivity contribution in [1.82, 2.24) is 13.9 Å². The Morgan fingerprint density at radius 1 is 1.07 bits per heavy atom. The number of hydrogen-bond donors (Lipinski definition) is 1. The normalized spacial score (nSPS) is 18.1. The number of benzene rings is 1. The van der Waals surface area contributed by atoms with Crippen LogP contribution in [0, 0.1) is 0 Å². The van der Waals surface area contributed by atoms with E-state index >= 15 is 0 Å². The van der Waals surface area contributed by atoms with Crippen LogP contribution in [0.3, 0.4) is 0 Å². The maximum Gasteiger partial charge on any atom is 0.224 e. The Kier molecular flexibility index (Phi) is 5.68. The molecular formula is C20H28N4O3S. The van der Waals surface area contributed by atoms with Crippen LogP contribution in [0.25, 0.3) is 11.0 Å². The van der Waals surface area contributed by atoms with Crippen LogP contribution < -0.4 is 5.32 Å². The van der Waals surface area contributed by atoms with E-state index in [0.29, 0.717) is 25.2 Å². The van der Waals surface area contributed by atoms with Gasteiger partial charge in [0.05, 0.1) is 16.8 Å². The molecule has 2 aliphatic heterocycles. The van der Waals surface area contributed by atoms with E-state index in [4.69, 9.17) is 4.98 Å². The number of fused-ring (bicyclic) bond motifs is 3. The van der Waals surface area contributed by atoms with Crippen molar-refractivity contribution >= 4 is 32.7 Å². The maximum atomic E-state index is 12.3. The summed E-state index contributed by atoms with van der Waals surface area (Å²) in [7, 11) is -3.22. The smallest absolute Gasteiger partial charge is 0.224 e. The molecule has 1 saturated heterocycles. The van der Waals surface area contributed by atoms with Crippen molar-refractivity contribution in [2.24, 2.45) is 0 Å². The summed E-state index contributed by atoms with van der Waals surface area (Å²) in [6.45, 7) is 2.23. The number of rotatable bonds is 6. The van der Waals surface area contributed by atoms with E-state index in [1.807, 2.05) is 18.2 Å². The van der Waals surface area contributed by atoms with Gasteiger partial charge < -0.3 is 9.88 Å². The molecule has 0 spiro atoms. The molecule has 7 nitrogen and oxygen atoms in total. The van der Waals surface area contributed by atoms with Crippen LogP contribution in [0.15, 0.2) is 18.2 Å². The minimum Gasteiger partial charge on any atom is -0.328 e. The molecule has 3 heterocycles. The standard InChI is InChI=1S/C20H28N4O3S/c25-20(8-6-14-28(26,27)23-11-4-5-12-23)21-16-9-10-18-17(15-16)22-19-7-2-1-3-13-24(18)19/h9-10,15H,1-8,11-14H2,(H,21,25). The number of aryl methyl sites for hydroxylation is 2. The molecule has 0 radical (unpaired) electrons. The van der Waals surface area contributed by atoms with Crippen LogP contribution in [0.4, 0.5) is 5.69 Å². The molecule has 0 saturated carbocycles. The van der Waals surface area contributed by atoms with Crippen LogP contribution in [-0.2, 0) is 27.8 Å². The van der Waals surface area contributed by atoms with Gasteiger partial charge in [0.25, 0.3) is 0 Å². The Morgan fingerprint density at radius 2 is 1.86 bits per heavy atom. The van der Waals surface area contributed by atoms with Gasteiger partial charge in [0.2, 0.25) is 15.9 Å². The molecule has 4 rings (SSSR count). The summed E-state index contributed by atoms with van der Waals surface area (Å²) < 4.78 is 28.3. The molecule has 0 bridgehead atoms. The van der Waals surface area contributed by atoms with Gasteiger partial charge in [-0.25, -0.2) is 17.7 Å². The molecular weight excluding hydrogens is 376 g/mol. The zero-order chi connectivity index (χ0) is 19.6. The van der Waals surface area contributed by atoms with E-state index in [0.717, 1.165) is 42.7 Å². The zero-order valence-corrected chi connectivity index (χ0v) is 17.0. The number of imidazole rings is 1. The van der Waals surface area contributed by atoms with Crippen LogP contribution in [-0.4, -0.2) is 47.0 Å². The molecule has 0 aliphatic carbocycles. The quantitative estimate of drug-likeness (QED) is 0.802. The molecule has 8 heteroatoms. The fourth-order valence-electron chi connectivity index (χ4n) is 4.16. The summed E-state index contributed by atoms with van der Waals surface area (Å²) in [6, 6.07) is 5.83. The van der Waals surface area contributed by atoms with E-state index in [1.54, 1.807) is 4.31 Å². The molecule has 28 heavy (non-hydrogen) atoms. The Labute approximate surface area is 166 Å². The van der Waals surface area contributed by atoms with Gasteiger partial charge in [-0.1, -0.05) is 6.42 Å². The minimum atomic E-state index is -3.22. The predicted molar refractivity (Wildman–Crippen MR) is 110 cm³/mol. The summed E-state index contributed by atoms with van der Waals surface area (Å²) >= 11 is 0. The molecule has 2 aromatic rings. The van der Waals surface area contributed by atoms with Crippen molar-refractivity contribution in [3.63, 3.8) is 0 Å². The fourth-order valence-corrected chi connectivity index (χ4v) is 5.74. The lowest BCUT2D eigenvalue weighted by molar-refractivity contribution is -0.116. The van der Waals surface area contributed by atoms with E-state index in [9.17, 15) is 13.2 Å². The molecule has 152 valence electrons. The summed E-state index contributed by atoms with van der Waals surface area (Å²) in [5, 5.41) is 2.89. The molecule has 1 aromatic carbocycles. The highest BCUT2D eigenvalue weighted by molar-refractivity contribution is 7.89. The van der Waals surface area contributed by atoms with Crippen LogP contribution >= 0.6 is 0 Å². The van der Waals surface area contributed by atoms with Crippen LogP contribution in [0.1, 0.15) is 50.8 Å². The first kappa shape index (κ1) is 19.4. The Hall–Kier alpha value is -1.93. The van der Waals surface area contributed by atoms with E-state index in [-0.39, 0.29) is 18.1 Å². The van der Waals surface area contributed by atoms with Gasteiger partial charge >= 0.3 is 0 Å². The molecule has 0 atom stereocenters. The first-order valence-corrected chi connectivity index (χ1v) is 11.9. The van der Waals surface area contributed by atoms with E-state index in [1.165, 1.54) is 19.3 Å². The highest BCUT2D eigenvalue weighted by Crippen LogP contribution is 2.24. The van der Waals surface area contributed by atoms with E-state index < -0.39 is 10.0 Å². The van der Waals surface area contributed by atoms with Crippen LogP contribution in [0.2, 0.25) is 0 Å². The Morgan fingerprint density at radius 3 is 2.68 bits per heavy atom. The third kappa shape index (κ3) is 4.22. The number of carbonyl (C=O) groups excluding carboxylic acids is 1. The largest absolute Gasteiger partial charge is 0.328 e. The van der Waals surface area contributed by atoms with Crippen molar-refractivity contribution < 1.29 is 13.2 Å². The highest BCUT2D eigenvalue weighted by atomic mass is 32.2. The first-order chi connectivity index (χ1) is 13.5. The molecule has 0 unspecified atom stereocenters. The number of carbonyl (C=O) groups is 1. The number of nitrogens with one attached hydrogen (secondary N) is 1. The number of aromatic nitrogens is 2. The topological polar surface area (TPSA) is 84.3 Å². The number of sulfonamides is 1. The fraction of sp³-hybridized carbons (Fsp3) is 0.600. The lowest BCUT2D eigenvalue weighted by atomic mass is 10.2. The number of nitrogens with zero attached hydrogens (tertiary/aromatic N) is 3. The van der Waals surface area contributed by atoms with Gasteiger partial charge in [0.15, 0.2) is 0 Å². The third-order valence-corrected chi connectivity index (χ3v) is 7.61. The second kappa shape index (κ2) is 8.21. The summed E-state index contributed by atoms with van der Waals surface area (Å²) in [5.74, 6) is 1.01. The Bertz CT molecular complexity index is 961. The Balaban J connectivity index is 1.34. The second-order valence-corrected chi connectivity index (χ2v) is 9.86. The third-order valence-electron chi connectivity index (χ3n) is 5.66. The van der Waals surface area contributed by atoms with Gasteiger partial charge in [-0.2, -0.15) is 0 Å². The summed E-state index contributed by atoms with van der Waals surface area (Å²) in [6.07, 6.45) is 6.99.